The number of hydrogen-bond acceptors (Lipinski definition) is 6. The van der Waals surface area contributed by atoms with Crippen molar-refractivity contribution in [3.63, 3.8) is 0 Å². The van der Waals surface area contributed by atoms with Gasteiger partial charge in [0.15, 0.2) is 11.6 Å². The Morgan fingerprint density at radius 2 is 1.48 bits per heavy atom. The average Bonchev–Trinajstić information content (AvgIpc) is 3.47. The molecule has 6 aromatic rings. The lowest BCUT2D eigenvalue weighted by Gasteiger charge is -2.03. The number of furan rings is 1. The number of non-ortho nitro benzene ring substituents is 1. The molecule has 0 saturated carbocycles. The molecule has 6 rings (SSSR count). The standard InChI is InChI=1S/C23H13N5O3/c29-28(30)14-7-5-13(6-8-14)17-9-10-18(31-17)23-26-21-15-3-1-11-24-19(15)20-16(22(21)27-23)4-2-12-25-20/h1-12H,(H,26,27). The van der Waals surface area contributed by atoms with Gasteiger partial charge in [0.2, 0.25) is 0 Å². The monoisotopic (exact) mass is 407 g/mol. The molecule has 0 aliphatic rings. The third-order valence-electron chi connectivity index (χ3n) is 5.27. The predicted molar refractivity (Wildman–Crippen MR) is 116 cm³/mol. The zero-order chi connectivity index (χ0) is 20.9. The summed E-state index contributed by atoms with van der Waals surface area (Å²) < 4.78 is 6.01. The van der Waals surface area contributed by atoms with Crippen LogP contribution in [0.1, 0.15) is 0 Å². The summed E-state index contributed by atoms with van der Waals surface area (Å²) in [5.41, 5.74) is 4.06. The molecule has 0 fully saturated rings. The molecule has 4 aromatic heterocycles. The molecule has 0 aliphatic carbocycles. The fourth-order valence-corrected chi connectivity index (χ4v) is 3.83. The minimum absolute atomic E-state index is 0.0359. The first kappa shape index (κ1) is 17.3. The number of imidazole rings is 1. The Bertz CT molecular complexity index is 1540. The van der Waals surface area contributed by atoms with Gasteiger partial charge in [0, 0.05) is 40.9 Å². The van der Waals surface area contributed by atoms with Crippen molar-refractivity contribution in [3.05, 3.63) is 83.2 Å². The number of aromatic amines is 1. The molecule has 0 bridgehead atoms. The topological polar surface area (TPSA) is 111 Å². The van der Waals surface area contributed by atoms with Gasteiger partial charge >= 0.3 is 0 Å². The van der Waals surface area contributed by atoms with Crippen molar-refractivity contribution in [1.82, 2.24) is 19.9 Å². The molecule has 0 radical (unpaired) electrons. The largest absolute Gasteiger partial charge is 0.453 e. The van der Waals surface area contributed by atoms with Gasteiger partial charge in [-0.1, -0.05) is 0 Å². The smallest absolute Gasteiger partial charge is 0.269 e. The van der Waals surface area contributed by atoms with E-state index >= 15 is 0 Å². The molecule has 0 amide bonds. The third-order valence-corrected chi connectivity index (χ3v) is 5.27. The average molecular weight is 407 g/mol. The van der Waals surface area contributed by atoms with E-state index < -0.39 is 4.92 Å². The van der Waals surface area contributed by atoms with Crippen LogP contribution in [-0.2, 0) is 0 Å². The summed E-state index contributed by atoms with van der Waals surface area (Å²) in [6, 6.07) is 17.6. The Labute approximate surface area is 174 Å². The van der Waals surface area contributed by atoms with Crippen LogP contribution in [-0.4, -0.2) is 24.9 Å². The van der Waals surface area contributed by atoms with Crippen LogP contribution in [0.15, 0.2) is 77.5 Å². The Balaban J connectivity index is 1.51. The SMILES string of the molecule is O=[N+]([O-])c1ccc(-c2ccc(-c3nc4c5cccnc5c5ncccc5c4[nH]3)o2)cc1. The molecule has 148 valence electrons. The van der Waals surface area contributed by atoms with Gasteiger partial charge in [0.25, 0.3) is 5.69 Å². The highest BCUT2D eigenvalue weighted by Gasteiger charge is 2.17. The predicted octanol–water partition coefficient (Wildman–Crippen LogP) is 5.49. The Morgan fingerprint density at radius 1 is 0.806 bits per heavy atom. The highest BCUT2D eigenvalue weighted by Crippen LogP contribution is 2.34. The van der Waals surface area contributed by atoms with Crippen LogP contribution in [0.2, 0.25) is 0 Å². The second kappa shape index (κ2) is 6.46. The molecule has 4 heterocycles. The molecule has 0 unspecified atom stereocenters. The van der Waals surface area contributed by atoms with Crippen molar-refractivity contribution >= 4 is 38.5 Å². The number of nitrogens with zero attached hydrogens (tertiary/aromatic N) is 4. The van der Waals surface area contributed by atoms with E-state index in [9.17, 15) is 10.1 Å². The fourth-order valence-electron chi connectivity index (χ4n) is 3.83. The lowest BCUT2D eigenvalue weighted by atomic mass is 10.1. The van der Waals surface area contributed by atoms with E-state index in [1.54, 1.807) is 24.5 Å². The number of nitro groups is 1. The molecule has 0 spiro atoms. The van der Waals surface area contributed by atoms with Gasteiger partial charge in [-0.05, 0) is 48.5 Å². The number of rotatable bonds is 3. The minimum atomic E-state index is -0.426. The molecule has 2 aromatic carbocycles. The zero-order valence-electron chi connectivity index (χ0n) is 15.9. The van der Waals surface area contributed by atoms with Gasteiger partial charge in [-0.25, -0.2) is 4.98 Å². The Morgan fingerprint density at radius 3 is 2.23 bits per heavy atom. The van der Waals surface area contributed by atoms with Crippen molar-refractivity contribution in [1.29, 1.82) is 0 Å². The van der Waals surface area contributed by atoms with Crippen molar-refractivity contribution in [2.24, 2.45) is 0 Å². The van der Waals surface area contributed by atoms with Crippen LogP contribution in [0, 0.1) is 10.1 Å². The number of aromatic nitrogens is 4. The van der Waals surface area contributed by atoms with Crippen LogP contribution in [0.4, 0.5) is 5.69 Å². The Kier molecular flexibility index (Phi) is 3.60. The first-order valence-electron chi connectivity index (χ1n) is 9.55. The van der Waals surface area contributed by atoms with Crippen molar-refractivity contribution in [2.75, 3.05) is 0 Å². The van der Waals surface area contributed by atoms with Gasteiger partial charge in [-0.3, -0.25) is 20.1 Å². The van der Waals surface area contributed by atoms with Gasteiger partial charge in [-0.2, -0.15) is 0 Å². The minimum Gasteiger partial charge on any atom is -0.453 e. The van der Waals surface area contributed by atoms with E-state index in [1.165, 1.54) is 12.1 Å². The number of fused-ring (bicyclic) bond motifs is 6. The molecular formula is C23H13N5O3. The van der Waals surface area contributed by atoms with Crippen LogP contribution in [0.5, 0.6) is 0 Å². The van der Waals surface area contributed by atoms with Crippen LogP contribution in [0.25, 0.3) is 55.7 Å². The maximum atomic E-state index is 10.9. The molecule has 0 saturated heterocycles. The van der Waals surface area contributed by atoms with E-state index in [0.717, 1.165) is 38.4 Å². The maximum Gasteiger partial charge on any atom is 0.269 e. The van der Waals surface area contributed by atoms with Gasteiger partial charge in [0.1, 0.15) is 5.76 Å². The molecule has 31 heavy (non-hydrogen) atoms. The number of pyridine rings is 2. The number of nitrogens with one attached hydrogen (secondary N) is 1. The zero-order valence-corrected chi connectivity index (χ0v) is 15.9. The second-order valence-corrected chi connectivity index (χ2v) is 7.08. The molecule has 1 N–H and O–H groups in total. The van der Waals surface area contributed by atoms with Crippen molar-refractivity contribution < 1.29 is 9.34 Å². The summed E-state index contributed by atoms with van der Waals surface area (Å²) in [5, 5.41) is 12.7. The summed E-state index contributed by atoms with van der Waals surface area (Å²) in [4.78, 5) is 27.7. The second-order valence-electron chi connectivity index (χ2n) is 7.08. The van der Waals surface area contributed by atoms with Crippen LogP contribution >= 0.6 is 0 Å². The fraction of sp³-hybridized carbons (Fsp3) is 0. The number of H-pyrrole nitrogens is 1. The van der Waals surface area contributed by atoms with Crippen LogP contribution < -0.4 is 0 Å². The molecule has 8 nitrogen and oxygen atoms in total. The van der Waals surface area contributed by atoms with E-state index in [-0.39, 0.29) is 5.69 Å². The quantitative estimate of drug-likeness (QED) is 0.236. The number of nitro benzene ring substituents is 1. The summed E-state index contributed by atoms with van der Waals surface area (Å²) in [7, 11) is 0. The maximum absolute atomic E-state index is 10.9. The highest BCUT2D eigenvalue weighted by atomic mass is 16.6. The summed E-state index contributed by atoms with van der Waals surface area (Å²) in [6.07, 6.45) is 3.50. The first-order valence-corrected chi connectivity index (χ1v) is 9.55. The van der Waals surface area contributed by atoms with E-state index in [2.05, 4.69) is 15.0 Å². The molecule has 8 heteroatoms. The Hall–Kier alpha value is -4.59. The van der Waals surface area contributed by atoms with Gasteiger partial charge in [0.05, 0.1) is 27.0 Å². The van der Waals surface area contributed by atoms with Crippen LogP contribution in [0.3, 0.4) is 0 Å². The van der Waals surface area contributed by atoms with E-state index in [1.807, 2.05) is 36.4 Å². The highest BCUT2D eigenvalue weighted by molar-refractivity contribution is 6.20. The summed E-state index contributed by atoms with van der Waals surface area (Å²) >= 11 is 0. The lowest BCUT2D eigenvalue weighted by molar-refractivity contribution is -0.384. The van der Waals surface area contributed by atoms with Crippen molar-refractivity contribution in [3.8, 4) is 22.9 Å². The molecular weight excluding hydrogens is 394 g/mol. The van der Waals surface area contributed by atoms with Gasteiger partial charge in [-0.15, -0.1) is 0 Å². The summed E-state index contributed by atoms with van der Waals surface area (Å²) in [6.45, 7) is 0. The number of hydrogen-bond donors (Lipinski definition) is 1. The van der Waals surface area contributed by atoms with Crippen molar-refractivity contribution in [2.45, 2.75) is 0 Å². The molecule has 0 atom stereocenters. The lowest BCUT2D eigenvalue weighted by Crippen LogP contribution is -1.86. The van der Waals surface area contributed by atoms with E-state index in [0.29, 0.717) is 17.3 Å². The summed E-state index contributed by atoms with van der Waals surface area (Å²) in [5.74, 6) is 1.76. The number of benzene rings is 2. The first-order chi connectivity index (χ1) is 15.2. The normalized spacial score (nSPS) is 11.5. The third kappa shape index (κ3) is 2.66. The molecule has 0 aliphatic heterocycles. The van der Waals surface area contributed by atoms with E-state index in [4.69, 9.17) is 9.40 Å². The van der Waals surface area contributed by atoms with Gasteiger partial charge < -0.3 is 9.40 Å².